The highest BCUT2D eigenvalue weighted by molar-refractivity contribution is 14.1. The summed E-state index contributed by atoms with van der Waals surface area (Å²) < 4.78 is 8.35. The van der Waals surface area contributed by atoms with E-state index in [2.05, 4.69) is 50.7 Å². The Hall–Kier alpha value is -2.16. The Balaban J connectivity index is 1.57. The highest BCUT2D eigenvalue weighted by Crippen LogP contribution is 2.37. The van der Waals surface area contributed by atoms with Crippen LogP contribution in [0.3, 0.4) is 0 Å². The molecule has 0 saturated heterocycles. The third-order valence-corrected chi connectivity index (χ3v) is 6.99. The van der Waals surface area contributed by atoms with Crippen molar-refractivity contribution < 1.29 is 9.53 Å². The molecule has 1 N–H and O–H groups in total. The van der Waals surface area contributed by atoms with Crippen LogP contribution >= 0.6 is 22.6 Å². The lowest BCUT2D eigenvalue weighted by atomic mass is 9.84. The van der Waals surface area contributed by atoms with Crippen LogP contribution < -0.4 is 10.1 Å². The number of amides is 1. The quantitative estimate of drug-likeness (QED) is 0.355. The molecular weight excluding hydrogens is 491 g/mol. The van der Waals surface area contributed by atoms with E-state index in [0.29, 0.717) is 23.2 Å². The summed E-state index contributed by atoms with van der Waals surface area (Å²) in [6.45, 7) is 4.17. The minimum Gasteiger partial charge on any atom is -0.494 e. The predicted molar refractivity (Wildman–Crippen MR) is 128 cm³/mol. The van der Waals surface area contributed by atoms with Crippen LogP contribution in [-0.4, -0.2) is 31.7 Å². The molecule has 1 fully saturated rings. The smallest absolute Gasteiger partial charge is 0.274 e. The Kier molecular flexibility index (Phi) is 6.26. The second-order valence-electron chi connectivity index (χ2n) is 8.08. The number of carbonyl (C=O) groups is 1. The summed E-state index contributed by atoms with van der Waals surface area (Å²) in [4.78, 5) is 17.0. The van der Waals surface area contributed by atoms with Gasteiger partial charge in [-0.15, -0.1) is 0 Å². The van der Waals surface area contributed by atoms with Crippen molar-refractivity contribution in [2.75, 3.05) is 12.4 Å². The van der Waals surface area contributed by atoms with Gasteiger partial charge >= 0.3 is 0 Å². The molecule has 2 heterocycles. The third kappa shape index (κ3) is 4.45. The number of halogens is 1. The minimum absolute atomic E-state index is 0.255. The molecule has 1 aliphatic carbocycles. The van der Waals surface area contributed by atoms with Gasteiger partial charge in [-0.1, -0.05) is 35.6 Å². The van der Waals surface area contributed by atoms with E-state index in [9.17, 15) is 4.79 Å². The van der Waals surface area contributed by atoms with Crippen molar-refractivity contribution in [1.82, 2.24) is 14.8 Å². The highest BCUT2D eigenvalue weighted by Gasteiger charge is 2.25. The lowest BCUT2D eigenvalue weighted by Gasteiger charge is -2.30. The van der Waals surface area contributed by atoms with Crippen LogP contribution in [0.25, 0.3) is 10.9 Å². The Bertz CT molecular complexity index is 1050. The summed E-state index contributed by atoms with van der Waals surface area (Å²) in [6.07, 6.45) is 6.91. The second kappa shape index (κ2) is 8.91. The number of hydrogen-bond donors (Lipinski definition) is 1. The first-order chi connectivity index (χ1) is 14.4. The fraction of sp³-hybridized carbons (Fsp3) is 0.435. The van der Waals surface area contributed by atoms with Crippen LogP contribution in [0.5, 0.6) is 5.75 Å². The molecule has 0 bridgehead atoms. The molecule has 0 spiro atoms. The van der Waals surface area contributed by atoms with Gasteiger partial charge in [-0.25, -0.2) is 4.98 Å². The molecule has 4 rings (SSSR count). The number of carbonyl (C=O) groups excluding carboxylic acids is 1. The molecular formula is C23H27IN4O2. The first-order valence-corrected chi connectivity index (χ1v) is 11.6. The normalized spacial score (nSPS) is 20.1. The van der Waals surface area contributed by atoms with Gasteiger partial charge in [0.25, 0.3) is 5.91 Å². The maximum Gasteiger partial charge on any atom is 0.274 e. The van der Waals surface area contributed by atoms with E-state index >= 15 is 0 Å². The molecule has 0 radical (unpaired) electrons. The number of ether oxygens (including phenoxy) is 1. The molecule has 1 aliphatic rings. The first kappa shape index (κ1) is 21.1. The maximum atomic E-state index is 12.7. The van der Waals surface area contributed by atoms with Gasteiger partial charge in [0, 0.05) is 27.3 Å². The van der Waals surface area contributed by atoms with E-state index in [1.165, 1.54) is 12.8 Å². The summed E-state index contributed by atoms with van der Waals surface area (Å²) in [5.41, 5.74) is 2.69. The van der Waals surface area contributed by atoms with Crippen molar-refractivity contribution in [2.45, 2.75) is 49.5 Å². The Morgan fingerprint density at radius 1 is 1.27 bits per heavy atom. The van der Waals surface area contributed by atoms with Crippen LogP contribution in [0.2, 0.25) is 0 Å². The van der Waals surface area contributed by atoms with E-state index in [1.807, 2.05) is 31.2 Å². The zero-order valence-corrected chi connectivity index (χ0v) is 19.7. The van der Waals surface area contributed by atoms with Crippen LogP contribution in [0.4, 0.5) is 5.69 Å². The summed E-state index contributed by atoms with van der Waals surface area (Å²) in [5, 5.41) is 8.75. The number of alkyl halides is 1. The number of nitrogens with zero attached hydrogens (tertiary/aromatic N) is 3. The Morgan fingerprint density at radius 3 is 2.70 bits per heavy atom. The van der Waals surface area contributed by atoms with Crippen molar-refractivity contribution in [1.29, 1.82) is 0 Å². The molecule has 1 saturated carbocycles. The fourth-order valence-corrected chi connectivity index (χ4v) is 4.93. The van der Waals surface area contributed by atoms with Crippen molar-refractivity contribution in [2.24, 2.45) is 5.92 Å². The molecule has 1 aromatic carbocycles. The minimum atomic E-state index is -0.255. The highest BCUT2D eigenvalue weighted by atomic mass is 127. The van der Waals surface area contributed by atoms with Crippen molar-refractivity contribution >= 4 is 45.1 Å². The molecule has 1 atom stereocenters. The van der Waals surface area contributed by atoms with Gasteiger partial charge in [0.1, 0.15) is 11.4 Å². The zero-order chi connectivity index (χ0) is 21.3. The summed E-state index contributed by atoms with van der Waals surface area (Å²) in [7, 11) is 1.60. The van der Waals surface area contributed by atoms with Crippen molar-refractivity contribution in [3.63, 3.8) is 0 Å². The van der Waals surface area contributed by atoms with E-state index in [0.717, 1.165) is 39.3 Å². The third-order valence-electron chi connectivity index (χ3n) is 5.98. The lowest BCUT2D eigenvalue weighted by molar-refractivity contribution is 0.102. The monoisotopic (exact) mass is 518 g/mol. The number of anilines is 1. The van der Waals surface area contributed by atoms with Gasteiger partial charge in [0.15, 0.2) is 0 Å². The molecule has 0 aliphatic heterocycles. The molecule has 1 amide bonds. The van der Waals surface area contributed by atoms with Gasteiger partial charge in [-0.3, -0.25) is 9.48 Å². The summed E-state index contributed by atoms with van der Waals surface area (Å²) >= 11 is 2.55. The number of hydrogen-bond acceptors (Lipinski definition) is 4. The molecule has 3 aromatic rings. The lowest BCUT2D eigenvalue weighted by Crippen LogP contribution is -2.22. The van der Waals surface area contributed by atoms with E-state index in [-0.39, 0.29) is 5.91 Å². The van der Waals surface area contributed by atoms with Crippen LogP contribution in [0, 0.1) is 12.8 Å². The molecule has 7 heteroatoms. The number of aromatic nitrogens is 3. The average molecular weight is 518 g/mol. The topological polar surface area (TPSA) is 69.0 Å². The predicted octanol–water partition coefficient (Wildman–Crippen LogP) is 5.56. The van der Waals surface area contributed by atoms with Gasteiger partial charge in [0.2, 0.25) is 0 Å². The number of rotatable bonds is 5. The molecule has 30 heavy (non-hydrogen) atoms. The average Bonchev–Trinajstić information content (AvgIpc) is 3.16. The van der Waals surface area contributed by atoms with E-state index in [4.69, 9.17) is 9.84 Å². The van der Waals surface area contributed by atoms with Crippen molar-refractivity contribution in [3.05, 3.63) is 47.9 Å². The van der Waals surface area contributed by atoms with Crippen LogP contribution in [-0.2, 0) is 0 Å². The number of pyridine rings is 1. The van der Waals surface area contributed by atoms with E-state index < -0.39 is 0 Å². The molecule has 6 nitrogen and oxygen atoms in total. The molecule has 1 unspecified atom stereocenters. The molecule has 158 valence electrons. The van der Waals surface area contributed by atoms with Gasteiger partial charge in [-0.2, -0.15) is 5.10 Å². The largest absolute Gasteiger partial charge is 0.494 e. The van der Waals surface area contributed by atoms with Gasteiger partial charge in [-0.05, 0) is 56.7 Å². The zero-order valence-electron chi connectivity index (χ0n) is 17.6. The van der Waals surface area contributed by atoms with Gasteiger partial charge < -0.3 is 10.1 Å². The van der Waals surface area contributed by atoms with Gasteiger partial charge in [0.05, 0.1) is 24.4 Å². The second-order valence-corrected chi connectivity index (χ2v) is 10.0. The first-order valence-electron chi connectivity index (χ1n) is 10.4. The van der Waals surface area contributed by atoms with Crippen LogP contribution in [0.1, 0.15) is 54.8 Å². The number of benzene rings is 1. The standard InChI is InChI=1S/C23H27IN4O2/c1-14-5-4-6-19(25-14)23(29)26-21-11-17-13-28(27-20(17)12-22(21)30-3)18-9-7-16(8-10-18)15(2)24/h4-6,11-13,15-16,18H,7-10H2,1-3H3,(H,26,29). The SMILES string of the molecule is COc1cc2nn(C3CCC(C(C)I)CC3)cc2cc1NC(=O)c1cccc(C)n1. The number of nitrogens with one attached hydrogen (secondary N) is 1. The fourth-order valence-electron chi connectivity index (χ4n) is 4.21. The number of methoxy groups -OCH3 is 1. The Labute approximate surface area is 190 Å². The van der Waals surface area contributed by atoms with E-state index in [1.54, 1.807) is 13.2 Å². The Morgan fingerprint density at radius 2 is 2.03 bits per heavy atom. The number of aryl methyl sites for hydroxylation is 1. The number of fused-ring (bicyclic) bond motifs is 1. The molecule has 2 aromatic heterocycles. The summed E-state index contributed by atoms with van der Waals surface area (Å²) in [5.74, 6) is 1.15. The van der Waals surface area contributed by atoms with Crippen LogP contribution in [0.15, 0.2) is 36.5 Å². The van der Waals surface area contributed by atoms with Crippen molar-refractivity contribution in [3.8, 4) is 5.75 Å². The maximum absolute atomic E-state index is 12.7. The summed E-state index contributed by atoms with van der Waals surface area (Å²) in [6, 6.07) is 9.66.